The summed E-state index contributed by atoms with van der Waals surface area (Å²) in [7, 11) is 0. The van der Waals surface area contributed by atoms with Crippen molar-refractivity contribution in [3.8, 4) is 11.5 Å². The smallest absolute Gasteiger partial charge is 0.258 e. The first-order valence-electron chi connectivity index (χ1n) is 12.1. The summed E-state index contributed by atoms with van der Waals surface area (Å²) in [5, 5.41) is 13.9. The minimum Gasteiger partial charge on any atom is -0.486 e. The number of nitrogens with one attached hydrogen (secondary N) is 1. The van der Waals surface area contributed by atoms with Crippen LogP contribution in [0, 0.1) is 0 Å². The predicted molar refractivity (Wildman–Crippen MR) is 132 cm³/mol. The Morgan fingerprint density at radius 3 is 2.65 bits per heavy atom. The Kier molecular flexibility index (Phi) is 7.85. The van der Waals surface area contributed by atoms with E-state index < -0.39 is 6.23 Å². The minimum absolute atomic E-state index is 0.182. The summed E-state index contributed by atoms with van der Waals surface area (Å²) >= 11 is 0. The van der Waals surface area contributed by atoms with Gasteiger partial charge in [0.2, 0.25) is 0 Å². The molecule has 3 aromatic rings. The highest BCUT2D eigenvalue weighted by Crippen LogP contribution is 2.31. The van der Waals surface area contributed by atoms with E-state index in [1.54, 1.807) is 35.0 Å². The van der Waals surface area contributed by atoms with Crippen molar-refractivity contribution in [3.05, 3.63) is 70.1 Å². The number of amides is 1. The summed E-state index contributed by atoms with van der Waals surface area (Å²) in [5.41, 5.74) is 1.12. The molecule has 180 valence electrons. The van der Waals surface area contributed by atoms with Crippen LogP contribution in [-0.4, -0.2) is 35.0 Å². The van der Waals surface area contributed by atoms with Crippen molar-refractivity contribution < 1.29 is 19.4 Å². The van der Waals surface area contributed by atoms with Crippen LogP contribution in [0.3, 0.4) is 0 Å². The third kappa shape index (κ3) is 5.59. The van der Waals surface area contributed by atoms with Gasteiger partial charge in [-0.15, -0.1) is 0 Å². The second-order valence-electron chi connectivity index (χ2n) is 8.69. The predicted octanol–water partition coefficient (Wildman–Crippen LogP) is 4.23. The molecule has 7 nitrogen and oxygen atoms in total. The molecule has 4 rings (SSSR count). The SMILES string of the molecule is CCCCCCCC(O)NC(=O)c1cccc2c(=O)n(Cc3ccc4c(c3)OCCO4)ccc12. The average molecular weight is 465 g/mol. The summed E-state index contributed by atoms with van der Waals surface area (Å²) in [4.78, 5) is 26.0. The fourth-order valence-electron chi connectivity index (χ4n) is 4.27. The lowest BCUT2D eigenvalue weighted by Gasteiger charge is -2.19. The Hall–Kier alpha value is -3.32. The largest absolute Gasteiger partial charge is 0.486 e. The van der Waals surface area contributed by atoms with E-state index in [4.69, 9.17) is 9.47 Å². The molecule has 0 fully saturated rings. The van der Waals surface area contributed by atoms with Crippen molar-refractivity contribution in [3.63, 3.8) is 0 Å². The Labute approximate surface area is 199 Å². The van der Waals surface area contributed by atoms with E-state index in [0.717, 1.165) is 24.8 Å². The van der Waals surface area contributed by atoms with Crippen molar-refractivity contribution in [2.75, 3.05) is 13.2 Å². The van der Waals surface area contributed by atoms with Crippen molar-refractivity contribution in [1.82, 2.24) is 9.88 Å². The number of aliphatic hydroxyl groups is 1. The first kappa shape index (κ1) is 23.8. The summed E-state index contributed by atoms with van der Waals surface area (Å²) in [6.45, 7) is 3.57. The second kappa shape index (κ2) is 11.2. The van der Waals surface area contributed by atoms with Gasteiger partial charge >= 0.3 is 0 Å². The lowest BCUT2D eigenvalue weighted by Crippen LogP contribution is -2.34. The van der Waals surface area contributed by atoms with Gasteiger partial charge in [0, 0.05) is 22.5 Å². The molecule has 7 heteroatoms. The zero-order chi connectivity index (χ0) is 23.9. The topological polar surface area (TPSA) is 89.8 Å². The van der Waals surface area contributed by atoms with Gasteiger partial charge in [-0.05, 0) is 48.7 Å². The monoisotopic (exact) mass is 464 g/mol. The number of hydrogen-bond donors (Lipinski definition) is 2. The van der Waals surface area contributed by atoms with Crippen LogP contribution in [-0.2, 0) is 6.54 Å². The molecule has 34 heavy (non-hydrogen) atoms. The maximum absolute atomic E-state index is 13.2. The van der Waals surface area contributed by atoms with Gasteiger partial charge in [-0.25, -0.2) is 0 Å². The number of rotatable bonds is 10. The van der Waals surface area contributed by atoms with Gasteiger partial charge in [-0.2, -0.15) is 0 Å². The number of unbranched alkanes of at least 4 members (excludes halogenated alkanes) is 4. The average Bonchev–Trinajstić information content (AvgIpc) is 2.85. The van der Waals surface area contributed by atoms with Crippen LogP contribution in [0.25, 0.3) is 10.8 Å². The number of carbonyl (C=O) groups is 1. The molecular weight excluding hydrogens is 432 g/mol. The molecule has 2 heterocycles. The fourth-order valence-corrected chi connectivity index (χ4v) is 4.27. The molecule has 0 saturated carbocycles. The van der Waals surface area contributed by atoms with E-state index >= 15 is 0 Å². The van der Waals surface area contributed by atoms with Crippen LogP contribution in [0.4, 0.5) is 0 Å². The molecule has 1 aliphatic rings. The van der Waals surface area contributed by atoms with Crippen molar-refractivity contribution >= 4 is 16.7 Å². The molecule has 2 aromatic carbocycles. The Morgan fingerprint density at radius 2 is 1.82 bits per heavy atom. The number of carbonyl (C=O) groups excluding carboxylic acids is 1. The molecule has 1 atom stereocenters. The molecule has 1 unspecified atom stereocenters. The van der Waals surface area contributed by atoms with E-state index in [0.29, 0.717) is 54.0 Å². The van der Waals surface area contributed by atoms with E-state index in [-0.39, 0.29) is 11.5 Å². The minimum atomic E-state index is -0.903. The number of aliphatic hydroxyl groups excluding tert-OH is 1. The standard InChI is InChI=1S/C27H32N2O5/c1-2-3-4-5-6-10-25(30)28-26(31)21-8-7-9-22-20(21)13-14-29(27(22)32)18-19-11-12-23-24(17-19)34-16-15-33-23/h7-9,11-14,17,25,30H,2-6,10,15-16,18H2,1H3,(H,28,31). The Bertz CT molecular complexity index is 1200. The highest BCUT2D eigenvalue weighted by Gasteiger charge is 2.16. The molecule has 0 bridgehead atoms. The lowest BCUT2D eigenvalue weighted by atomic mass is 10.0. The number of hydrogen-bond acceptors (Lipinski definition) is 5. The zero-order valence-corrected chi connectivity index (χ0v) is 19.6. The van der Waals surface area contributed by atoms with Gasteiger partial charge < -0.3 is 24.5 Å². The van der Waals surface area contributed by atoms with Crippen LogP contribution >= 0.6 is 0 Å². The number of ether oxygens (including phenoxy) is 2. The Morgan fingerprint density at radius 1 is 1.03 bits per heavy atom. The molecule has 1 aromatic heterocycles. The molecule has 0 spiro atoms. The summed E-state index contributed by atoms with van der Waals surface area (Å²) < 4.78 is 12.8. The van der Waals surface area contributed by atoms with Crippen molar-refractivity contribution in [2.45, 2.75) is 58.2 Å². The highest BCUT2D eigenvalue weighted by molar-refractivity contribution is 6.06. The summed E-state index contributed by atoms with van der Waals surface area (Å²) in [5.74, 6) is 1.01. The van der Waals surface area contributed by atoms with Gasteiger partial charge in [-0.3, -0.25) is 9.59 Å². The maximum atomic E-state index is 13.2. The van der Waals surface area contributed by atoms with Crippen LogP contribution < -0.4 is 20.3 Å². The molecule has 0 saturated heterocycles. The van der Waals surface area contributed by atoms with E-state index in [2.05, 4.69) is 12.2 Å². The maximum Gasteiger partial charge on any atom is 0.258 e. The van der Waals surface area contributed by atoms with E-state index in [1.807, 2.05) is 18.2 Å². The number of aromatic nitrogens is 1. The highest BCUT2D eigenvalue weighted by atomic mass is 16.6. The normalized spacial score (nSPS) is 13.6. The third-order valence-corrected chi connectivity index (χ3v) is 6.10. The van der Waals surface area contributed by atoms with Crippen LogP contribution in [0.1, 0.15) is 61.4 Å². The summed E-state index contributed by atoms with van der Waals surface area (Å²) in [6.07, 6.45) is 6.70. The number of fused-ring (bicyclic) bond motifs is 2. The molecule has 1 amide bonds. The van der Waals surface area contributed by atoms with Crippen molar-refractivity contribution in [1.29, 1.82) is 0 Å². The Balaban J connectivity index is 1.48. The van der Waals surface area contributed by atoms with Gasteiger partial charge in [-0.1, -0.05) is 44.7 Å². The van der Waals surface area contributed by atoms with Gasteiger partial charge in [0.1, 0.15) is 19.4 Å². The van der Waals surface area contributed by atoms with Gasteiger partial charge in [0.15, 0.2) is 11.5 Å². The molecule has 1 aliphatic heterocycles. The fraction of sp³-hybridized carbons (Fsp3) is 0.407. The number of nitrogens with zero attached hydrogens (tertiary/aromatic N) is 1. The van der Waals surface area contributed by atoms with Crippen LogP contribution in [0.2, 0.25) is 0 Å². The number of pyridine rings is 1. The van der Waals surface area contributed by atoms with Gasteiger partial charge in [0.25, 0.3) is 11.5 Å². The molecule has 0 aliphatic carbocycles. The second-order valence-corrected chi connectivity index (χ2v) is 8.69. The van der Waals surface area contributed by atoms with E-state index in [9.17, 15) is 14.7 Å². The third-order valence-electron chi connectivity index (χ3n) is 6.10. The van der Waals surface area contributed by atoms with Crippen LogP contribution in [0.15, 0.2) is 53.5 Å². The number of benzene rings is 2. The first-order valence-corrected chi connectivity index (χ1v) is 12.1. The quantitative estimate of drug-likeness (QED) is 0.346. The van der Waals surface area contributed by atoms with Crippen molar-refractivity contribution in [2.24, 2.45) is 0 Å². The molecule has 0 radical (unpaired) electrons. The molecule has 2 N–H and O–H groups in total. The van der Waals surface area contributed by atoms with E-state index in [1.165, 1.54) is 12.8 Å². The lowest BCUT2D eigenvalue weighted by molar-refractivity contribution is 0.0759. The first-order chi connectivity index (χ1) is 16.6. The van der Waals surface area contributed by atoms with Gasteiger partial charge in [0.05, 0.1) is 6.54 Å². The van der Waals surface area contributed by atoms with Crippen LogP contribution in [0.5, 0.6) is 11.5 Å². The zero-order valence-electron chi connectivity index (χ0n) is 19.6. The molecular formula is C27H32N2O5. The summed E-state index contributed by atoms with van der Waals surface area (Å²) in [6, 6.07) is 12.5.